The van der Waals surface area contributed by atoms with Gasteiger partial charge in [0.15, 0.2) is 0 Å². The maximum Gasteiger partial charge on any atom is 0.0278 e. The Kier molecular flexibility index (Phi) is 2.94. The highest BCUT2D eigenvalue weighted by Gasteiger charge is 2.35. The van der Waals surface area contributed by atoms with Gasteiger partial charge in [0.25, 0.3) is 0 Å². The molecule has 0 radical (unpaired) electrons. The molecule has 2 unspecified atom stereocenters. The minimum absolute atomic E-state index is 0.368. The molecule has 2 heterocycles. The van der Waals surface area contributed by atoms with Gasteiger partial charge >= 0.3 is 0 Å². The van der Waals surface area contributed by atoms with Gasteiger partial charge in [-0.25, -0.2) is 0 Å². The molecule has 3 nitrogen and oxygen atoms in total. The van der Waals surface area contributed by atoms with E-state index in [9.17, 15) is 0 Å². The molecule has 1 aliphatic carbocycles. The normalized spacial score (nSPS) is 40.7. The average Bonchev–Trinajstić information content (AvgIpc) is 2.87. The van der Waals surface area contributed by atoms with Crippen LogP contribution in [0.2, 0.25) is 0 Å². The van der Waals surface area contributed by atoms with Gasteiger partial charge in [0.1, 0.15) is 0 Å². The predicted molar refractivity (Wildman–Crippen MR) is 66.6 cm³/mol. The van der Waals surface area contributed by atoms with E-state index in [1.165, 1.54) is 51.7 Å². The Morgan fingerprint density at radius 2 is 2.25 bits per heavy atom. The summed E-state index contributed by atoms with van der Waals surface area (Å²) >= 11 is 0. The fourth-order valence-corrected chi connectivity index (χ4v) is 3.20. The summed E-state index contributed by atoms with van der Waals surface area (Å²) in [6, 6.07) is 1.70. The van der Waals surface area contributed by atoms with E-state index >= 15 is 0 Å². The molecule has 2 saturated heterocycles. The third-order valence-electron chi connectivity index (χ3n) is 4.52. The van der Waals surface area contributed by atoms with Gasteiger partial charge in [-0.3, -0.25) is 4.90 Å². The molecule has 1 saturated carbocycles. The molecule has 0 aromatic rings. The van der Waals surface area contributed by atoms with Crippen LogP contribution in [0.3, 0.4) is 0 Å². The first-order chi connectivity index (χ1) is 7.75. The molecule has 3 aliphatic rings. The molecule has 3 fully saturated rings. The van der Waals surface area contributed by atoms with E-state index in [0.29, 0.717) is 5.54 Å². The molecule has 0 aromatic heterocycles. The molecule has 2 aliphatic heterocycles. The van der Waals surface area contributed by atoms with Crippen LogP contribution in [0.25, 0.3) is 0 Å². The van der Waals surface area contributed by atoms with E-state index in [-0.39, 0.29) is 0 Å². The summed E-state index contributed by atoms with van der Waals surface area (Å²) in [6.07, 6.45) is 6.93. The molecule has 2 N–H and O–H groups in total. The van der Waals surface area contributed by atoms with Gasteiger partial charge in [-0.15, -0.1) is 0 Å². The first kappa shape index (κ1) is 11.0. The minimum Gasteiger partial charge on any atom is -0.311 e. The van der Waals surface area contributed by atoms with Crippen molar-refractivity contribution in [3.63, 3.8) is 0 Å². The van der Waals surface area contributed by atoms with Crippen molar-refractivity contribution < 1.29 is 0 Å². The Labute approximate surface area is 99.0 Å². The molecule has 92 valence electrons. The zero-order chi connectivity index (χ0) is 11.0. The Morgan fingerprint density at radius 1 is 1.38 bits per heavy atom. The summed E-state index contributed by atoms with van der Waals surface area (Å²) in [5, 5.41) is 7.40. The van der Waals surface area contributed by atoms with Crippen LogP contribution in [-0.2, 0) is 0 Å². The third-order valence-corrected chi connectivity index (χ3v) is 4.52. The van der Waals surface area contributed by atoms with Crippen molar-refractivity contribution in [1.82, 2.24) is 15.5 Å². The number of hydrogen-bond donors (Lipinski definition) is 2. The van der Waals surface area contributed by atoms with E-state index in [0.717, 1.165) is 18.6 Å². The highest BCUT2D eigenvalue weighted by Crippen LogP contribution is 2.30. The van der Waals surface area contributed by atoms with Crippen LogP contribution < -0.4 is 10.6 Å². The van der Waals surface area contributed by atoms with E-state index in [4.69, 9.17) is 0 Å². The molecule has 2 atom stereocenters. The highest BCUT2D eigenvalue weighted by molar-refractivity contribution is 4.95. The summed E-state index contributed by atoms with van der Waals surface area (Å²) in [6.45, 7) is 7.33. The van der Waals surface area contributed by atoms with Crippen LogP contribution in [0.15, 0.2) is 0 Å². The van der Waals surface area contributed by atoms with Crippen molar-refractivity contribution in [2.45, 2.75) is 56.7 Å². The maximum atomic E-state index is 3.77. The fraction of sp³-hybridized carbons (Fsp3) is 1.00. The topological polar surface area (TPSA) is 27.3 Å². The van der Waals surface area contributed by atoms with Crippen molar-refractivity contribution in [2.24, 2.45) is 0 Å². The molecule has 3 rings (SSSR count). The second-order valence-corrected chi connectivity index (χ2v) is 6.18. The largest absolute Gasteiger partial charge is 0.311 e. The second kappa shape index (κ2) is 4.28. The Balaban J connectivity index is 1.42. The van der Waals surface area contributed by atoms with Crippen LogP contribution in [0.1, 0.15) is 39.0 Å². The lowest BCUT2D eigenvalue weighted by molar-refractivity contribution is 0.307. The van der Waals surface area contributed by atoms with Gasteiger partial charge in [-0.2, -0.15) is 0 Å². The first-order valence-corrected chi connectivity index (χ1v) is 6.98. The molecule has 16 heavy (non-hydrogen) atoms. The zero-order valence-corrected chi connectivity index (χ0v) is 10.5. The quantitative estimate of drug-likeness (QED) is 0.743. The molecule has 0 spiro atoms. The molecular formula is C13H25N3. The number of rotatable bonds is 4. The van der Waals surface area contributed by atoms with Crippen molar-refractivity contribution in [3.8, 4) is 0 Å². The summed E-state index contributed by atoms with van der Waals surface area (Å²) in [5.41, 5.74) is 0.368. The van der Waals surface area contributed by atoms with Crippen molar-refractivity contribution >= 4 is 0 Å². The van der Waals surface area contributed by atoms with Crippen molar-refractivity contribution in [1.29, 1.82) is 0 Å². The van der Waals surface area contributed by atoms with Gasteiger partial charge < -0.3 is 10.6 Å². The van der Waals surface area contributed by atoms with E-state index < -0.39 is 0 Å². The molecular weight excluding hydrogens is 198 g/mol. The summed E-state index contributed by atoms with van der Waals surface area (Å²) < 4.78 is 0. The lowest BCUT2D eigenvalue weighted by Crippen LogP contribution is -2.49. The predicted octanol–water partition coefficient (Wildman–Crippen LogP) is 0.955. The van der Waals surface area contributed by atoms with Gasteiger partial charge in [0.05, 0.1) is 0 Å². The standard InChI is InChI=1S/C13H25N3/c1-13(6-2-7-15-13)10-14-11-5-8-16(9-11)12-3-4-12/h11-12,14-15H,2-10H2,1H3. The summed E-state index contributed by atoms with van der Waals surface area (Å²) in [4.78, 5) is 2.68. The second-order valence-electron chi connectivity index (χ2n) is 6.18. The monoisotopic (exact) mass is 223 g/mol. The SMILES string of the molecule is CC1(CNC2CCN(C3CC3)C2)CCCN1. The van der Waals surface area contributed by atoms with E-state index in [2.05, 4.69) is 22.5 Å². The van der Waals surface area contributed by atoms with Crippen LogP contribution in [0.4, 0.5) is 0 Å². The Hall–Kier alpha value is -0.120. The molecule has 0 aromatic carbocycles. The van der Waals surface area contributed by atoms with Gasteiger partial charge in [-0.1, -0.05) is 0 Å². The van der Waals surface area contributed by atoms with E-state index in [1.54, 1.807) is 0 Å². The third kappa shape index (κ3) is 2.41. The maximum absolute atomic E-state index is 3.77. The zero-order valence-electron chi connectivity index (χ0n) is 10.5. The summed E-state index contributed by atoms with van der Waals surface area (Å²) in [5.74, 6) is 0. The number of hydrogen-bond acceptors (Lipinski definition) is 3. The molecule has 3 heteroatoms. The Morgan fingerprint density at radius 3 is 2.94 bits per heavy atom. The van der Waals surface area contributed by atoms with Crippen LogP contribution in [0, 0.1) is 0 Å². The minimum atomic E-state index is 0.368. The Bertz CT molecular complexity index is 244. The van der Waals surface area contributed by atoms with Crippen LogP contribution in [0.5, 0.6) is 0 Å². The number of nitrogens with one attached hydrogen (secondary N) is 2. The van der Waals surface area contributed by atoms with Gasteiger partial charge in [0.2, 0.25) is 0 Å². The van der Waals surface area contributed by atoms with Crippen molar-refractivity contribution in [3.05, 3.63) is 0 Å². The smallest absolute Gasteiger partial charge is 0.0278 e. The molecule has 0 bridgehead atoms. The average molecular weight is 223 g/mol. The van der Waals surface area contributed by atoms with E-state index in [1.807, 2.05) is 0 Å². The van der Waals surface area contributed by atoms with Gasteiger partial charge in [-0.05, 0) is 45.6 Å². The van der Waals surface area contributed by atoms with Crippen LogP contribution in [-0.4, -0.2) is 48.7 Å². The first-order valence-electron chi connectivity index (χ1n) is 6.98. The number of likely N-dealkylation sites (tertiary alicyclic amines) is 1. The summed E-state index contributed by atoms with van der Waals surface area (Å²) in [7, 11) is 0. The molecule has 0 amide bonds. The number of nitrogens with zero attached hydrogens (tertiary/aromatic N) is 1. The highest BCUT2D eigenvalue weighted by atomic mass is 15.2. The lowest BCUT2D eigenvalue weighted by Gasteiger charge is -2.27. The lowest BCUT2D eigenvalue weighted by atomic mass is 10.00. The van der Waals surface area contributed by atoms with Gasteiger partial charge in [0, 0.05) is 37.3 Å². The van der Waals surface area contributed by atoms with Crippen molar-refractivity contribution in [2.75, 3.05) is 26.2 Å². The fourth-order valence-electron chi connectivity index (χ4n) is 3.20. The van der Waals surface area contributed by atoms with Crippen LogP contribution >= 0.6 is 0 Å².